The molecule has 0 spiro atoms. The highest BCUT2D eigenvalue weighted by Gasteiger charge is 2.28. The Balaban J connectivity index is 0.00000324. The zero-order valence-electron chi connectivity index (χ0n) is 11.5. The summed E-state index contributed by atoms with van der Waals surface area (Å²) in [4.78, 5) is 0.159. The average molecular weight is 311 g/mol. The fourth-order valence-corrected chi connectivity index (χ4v) is 3.61. The summed E-state index contributed by atoms with van der Waals surface area (Å²) in [5.41, 5.74) is 6.29. The standard InChI is InChI=1S/C12H19FN2O2S.ClH/c1-8-5-11(13)6-9(2)12(8)18(16,17)15(4)10(3)7-14;/h5-6,10H,7,14H2,1-4H3;1H. The molecule has 0 aliphatic rings. The molecule has 1 unspecified atom stereocenters. The van der Waals surface area contributed by atoms with Crippen molar-refractivity contribution in [3.63, 3.8) is 0 Å². The highest BCUT2D eigenvalue weighted by atomic mass is 35.5. The molecule has 110 valence electrons. The molecule has 0 aliphatic heterocycles. The molecule has 0 aliphatic carbocycles. The Bertz CT molecular complexity index is 526. The van der Waals surface area contributed by atoms with Crippen LogP contribution in [0.15, 0.2) is 17.0 Å². The van der Waals surface area contributed by atoms with Crippen molar-refractivity contribution in [2.24, 2.45) is 5.73 Å². The molecule has 19 heavy (non-hydrogen) atoms. The minimum atomic E-state index is -3.64. The van der Waals surface area contributed by atoms with Crippen LogP contribution in [0.1, 0.15) is 18.1 Å². The number of nitrogens with zero attached hydrogens (tertiary/aromatic N) is 1. The number of hydrogen-bond donors (Lipinski definition) is 1. The number of hydrogen-bond acceptors (Lipinski definition) is 3. The average Bonchev–Trinajstić information content (AvgIpc) is 2.24. The van der Waals surface area contributed by atoms with Crippen LogP contribution in [0.25, 0.3) is 0 Å². The van der Waals surface area contributed by atoms with E-state index in [1.165, 1.54) is 23.5 Å². The third-order valence-corrected chi connectivity index (χ3v) is 5.30. The minimum absolute atomic E-state index is 0. The fourth-order valence-electron chi connectivity index (χ4n) is 1.83. The van der Waals surface area contributed by atoms with E-state index in [-0.39, 0.29) is 29.9 Å². The molecule has 4 nitrogen and oxygen atoms in total. The second-order valence-corrected chi connectivity index (χ2v) is 6.41. The third kappa shape index (κ3) is 3.66. The number of likely N-dealkylation sites (N-methyl/N-ethyl adjacent to an activating group) is 1. The van der Waals surface area contributed by atoms with Crippen LogP contribution in [0.3, 0.4) is 0 Å². The van der Waals surface area contributed by atoms with E-state index in [1.54, 1.807) is 20.8 Å². The Kier molecular flexibility index (Phi) is 6.41. The van der Waals surface area contributed by atoms with E-state index < -0.39 is 15.8 Å². The van der Waals surface area contributed by atoms with E-state index in [0.29, 0.717) is 11.1 Å². The predicted octanol–water partition coefficient (Wildman–Crippen LogP) is 1.83. The number of benzene rings is 1. The first-order valence-electron chi connectivity index (χ1n) is 5.66. The Hall–Kier alpha value is -0.690. The summed E-state index contributed by atoms with van der Waals surface area (Å²) >= 11 is 0. The topological polar surface area (TPSA) is 63.4 Å². The number of nitrogens with two attached hydrogens (primary N) is 1. The second-order valence-electron chi connectivity index (χ2n) is 4.47. The predicted molar refractivity (Wildman–Crippen MR) is 76.6 cm³/mol. The van der Waals surface area contributed by atoms with Crippen LogP contribution in [0.2, 0.25) is 0 Å². The van der Waals surface area contributed by atoms with E-state index in [4.69, 9.17) is 5.73 Å². The number of sulfonamides is 1. The molecule has 0 amide bonds. The van der Waals surface area contributed by atoms with Crippen molar-refractivity contribution in [3.05, 3.63) is 29.1 Å². The van der Waals surface area contributed by atoms with Crippen LogP contribution in [0.5, 0.6) is 0 Å². The monoisotopic (exact) mass is 310 g/mol. The Morgan fingerprint density at radius 2 is 1.74 bits per heavy atom. The minimum Gasteiger partial charge on any atom is -0.329 e. The smallest absolute Gasteiger partial charge is 0.243 e. The highest BCUT2D eigenvalue weighted by Crippen LogP contribution is 2.25. The molecule has 0 saturated carbocycles. The van der Waals surface area contributed by atoms with Crippen LogP contribution in [-0.4, -0.2) is 32.4 Å². The summed E-state index contributed by atoms with van der Waals surface area (Å²) in [6.07, 6.45) is 0. The Morgan fingerprint density at radius 3 is 2.11 bits per heavy atom. The first-order chi connectivity index (χ1) is 8.21. The van der Waals surface area contributed by atoms with Crippen LogP contribution in [0.4, 0.5) is 4.39 Å². The van der Waals surface area contributed by atoms with Crippen molar-refractivity contribution < 1.29 is 12.8 Å². The number of aryl methyl sites for hydroxylation is 2. The SMILES string of the molecule is Cc1cc(F)cc(C)c1S(=O)(=O)N(C)C(C)CN.Cl. The van der Waals surface area contributed by atoms with Gasteiger partial charge in [0.2, 0.25) is 10.0 Å². The van der Waals surface area contributed by atoms with Crippen LogP contribution in [-0.2, 0) is 10.0 Å². The molecule has 0 fully saturated rings. The maximum absolute atomic E-state index is 13.2. The van der Waals surface area contributed by atoms with Gasteiger partial charge in [0.1, 0.15) is 5.82 Å². The molecule has 0 bridgehead atoms. The molecule has 1 rings (SSSR count). The van der Waals surface area contributed by atoms with Gasteiger partial charge in [-0.15, -0.1) is 12.4 Å². The molecule has 7 heteroatoms. The lowest BCUT2D eigenvalue weighted by atomic mass is 10.1. The molecular weight excluding hydrogens is 291 g/mol. The molecule has 2 N–H and O–H groups in total. The highest BCUT2D eigenvalue weighted by molar-refractivity contribution is 7.89. The van der Waals surface area contributed by atoms with Gasteiger partial charge in [-0.1, -0.05) is 0 Å². The van der Waals surface area contributed by atoms with Crippen molar-refractivity contribution in [1.29, 1.82) is 0 Å². The number of rotatable bonds is 4. The molecule has 1 atom stereocenters. The zero-order chi connectivity index (χ0) is 14.1. The normalized spacial score (nSPS) is 13.2. The maximum Gasteiger partial charge on any atom is 0.243 e. The molecule has 0 saturated heterocycles. The lowest BCUT2D eigenvalue weighted by molar-refractivity contribution is 0.394. The lowest BCUT2D eigenvalue weighted by Gasteiger charge is -2.24. The van der Waals surface area contributed by atoms with Crippen molar-refractivity contribution in [2.45, 2.75) is 31.7 Å². The van der Waals surface area contributed by atoms with Gasteiger partial charge in [-0.3, -0.25) is 0 Å². The summed E-state index contributed by atoms with van der Waals surface area (Å²) in [5.74, 6) is -0.432. The lowest BCUT2D eigenvalue weighted by Crippen LogP contribution is -2.40. The summed E-state index contributed by atoms with van der Waals surface area (Å²) in [7, 11) is -2.16. The Morgan fingerprint density at radius 1 is 1.32 bits per heavy atom. The van der Waals surface area contributed by atoms with Gasteiger partial charge in [0.15, 0.2) is 0 Å². The van der Waals surface area contributed by atoms with Gasteiger partial charge in [0.25, 0.3) is 0 Å². The first-order valence-corrected chi connectivity index (χ1v) is 7.10. The summed E-state index contributed by atoms with van der Waals surface area (Å²) in [5, 5.41) is 0. The van der Waals surface area contributed by atoms with Crippen LogP contribution >= 0.6 is 12.4 Å². The molecule has 0 aromatic heterocycles. The van der Waals surface area contributed by atoms with Gasteiger partial charge in [0, 0.05) is 19.6 Å². The van der Waals surface area contributed by atoms with Gasteiger partial charge >= 0.3 is 0 Å². The molecule has 0 heterocycles. The van der Waals surface area contributed by atoms with Crippen LogP contribution in [0, 0.1) is 19.7 Å². The summed E-state index contributed by atoms with van der Waals surface area (Å²) < 4.78 is 39.3. The van der Waals surface area contributed by atoms with Gasteiger partial charge in [0.05, 0.1) is 4.90 Å². The van der Waals surface area contributed by atoms with E-state index in [2.05, 4.69) is 0 Å². The molecule has 0 radical (unpaired) electrons. The zero-order valence-corrected chi connectivity index (χ0v) is 13.1. The van der Waals surface area contributed by atoms with Crippen molar-refractivity contribution in [3.8, 4) is 0 Å². The molecule has 1 aromatic rings. The van der Waals surface area contributed by atoms with E-state index in [1.807, 2.05) is 0 Å². The van der Waals surface area contributed by atoms with Gasteiger partial charge in [-0.05, 0) is 44.0 Å². The van der Waals surface area contributed by atoms with Gasteiger partial charge in [-0.2, -0.15) is 4.31 Å². The molecule has 1 aromatic carbocycles. The third-order valence-electron chi connectivity index (χ3n) is 3.02. The number of halogens is 2. The van der Waals surface area contributed by atoms with E-state index in [0.717, 1.165) is 0 Å². The van der Waals surface area contributed by atoms with E-state index >= 15 is 0 Å². The van der Waals surface area contributed by atoms with Crippen LogP contribution < -0.4 is 5.73 Å². The maximum atomic E-state index is 13.2. The summed E-state index contributed by atoms with van der Waals surface area (Å²) in [6.45, 7) is 5.13. The Labute approximate surface area is 120 Å². The van der Waals surface area contributed by atoms with Crippen molar-refractivity contribution in [2.75, 3.05) is 13.6 Å². The summed E-state index contributed by atoms with van der Waals surface area (Å²) in [6, 6.07) is 2.14. The first kappa shape index (κ1) is 18.3. The van der Waals surface area contributed by atoms with E-state index in [9.17, 15) is 12.8 Å². The van der Waals surface area contributed by atoms with Crippen molar-refractivity contribution in [1.82, 2.24) is 4.31 Å². The van der Waals surface area contributed by atoms with Gasteiger partial charge in [-0.25, -0.2) is 12.8 Å². The van der Waals surface area contributed by atoms with Gasteiger partial charge < -0.3 is 5.73 Å². The molecular formula is C12H20ClFN2O2S. The van der Waals surface area contributed by atoms with Crippen molar-refractivity contribution >= 4 is 22.4 Å². The largest absolute Gasteiger partial charge is 0.329 e. The fraction of sp³-hybridized carbons (Fsp3) is 0.500. The quantitative estimate of drug-likeness (QED) is 0.923. The second kappa shape index (κ2) is 6.65.